The number of hydrogen-bond donors (Lipinski definition) is 1. The van der Waals surface area contributed by atoms with Gasteiger partial charge in [0.25, 0.3) is 0 Å². The van der Waals surface area contributed by atoms with Crippen molar-refractivity contribution in [2.75, 3.05) is 0 Å². The maximum Gasteiger partial charge on any atom is 0.139 e. The first-order valence-corrected chi connectivity index (χ1v) is 7.92. The zero-order valence-corrected chi connectivity index (χ0v) is 12.4. The molecular weight excluding hydrogens is 292 g/mol. The molecule has 112 valence electrons. The molecule has 3 atom stereocenters. The van der Waals surface area contributed by atoms with E-state index in [1.54, 1.807) is 0 Å². The van der Waals surface area contributed by atoms with Crippen molar-refractivity contribution in [1.82, 2.24) is 0 Å². The van der Waals surface area contributed by atoms with E-state index in [2.05, 4.69) is 0 Å². The Kier molecular flexibility index (Phi) is 5.20. The summed E-state index contributed by atoms with van der Waals surface area (Å²) < 4.78 is 39.6. The second-order valence-electron chi connectivity index (χ2n) is 4.76. The van der Waals surface area contributed by atoms with Gasteiger partial charge in [0.1, 0.15) is 11.6 Å². The molecule has 2 aromatic rings. The highest BCUT2D eigenvalue weighted by Gasteiger charge is 2.27. The van der Waals surface area contributed by atoms with Crippen LogP contribution >= 0.6 is 0 Å². The minimum atomic E-state index is -1.71. The molecule has 0 fully saturated rings. The Hall–Kier alpha value is -1.59. The second kappa shape index (κ2) is 6.91. The third kappa shape index (κ3) is 3.54. The normalized spacial score (nSPS) is 15.4. The molecule has 5 heteroatoms. The molecule has 0 aromatic heterocycles. The molecule has 2 nitrogen and oxygen atoms in total. The monoisotopic (exact) mass is 309 g/mol. The Morgan fingerprint density at radius 2 is 1.81 bits per heavy atom. The maximum absolute atomic E-state index is 13.8. The molecule has 0 saturated carbocycles. The summed E-state index contributed by atoms with van der Waals surface area (Å²) >= 11 is 0. The van der Waals surface area contributed by atoms with Crippen molar-refractivity contribution < 1.29 is 13.0 Å². The molecule has 0 aliphatic rings. The van der Waals surface area contributed by atoms with Crippen LogP contribution in [0.1, 0.15) is 24.9 Å². The Morgan fingerprint density at radius 1 is 1.14 bits per heavy atom. The van der Waals surface area contributed by atoms with E-state index in [-0.39, 0.29) is 4.90 Å². The number of rotatable bonds is 5. The van der Waals surface area contributed by atoms with Gasteiger partial charge in [-0.1, -0.05) is 37.3 Å². The summed E-state index contributed by atoms with van der Waals surface area (Å²) in [6, 6.07) is 11.7. The van der Waals surface area contributed by atoms with E-state index in [1.807, 2.05) is 37.3 Å². The predicted octanol–water partition coefficient (Wildman–Crippen LogP) is 3.55. The fraction of sp³-hybridized carbons (Fsp3) is 0.250. The van der Waals surface area contributed by atoms with E-state index < -0.39 is 33.7 Å². The zero-order valence-electron chi connectivity index (χ0n) is 11.6. The topological polar surface area (TPSA) is 43.1 Å². The average molecular weight is 309 g/mol. The molecule has 0 radical (unpaired) electrons. The van der Waals surface area contributed by atoms with Crippen LogP contribution in [0.2, 0.25) is 0 Å². The lowest BCUT2D eigenvalue weighted by atomic mass is 10.0. The lowest BCUT2D eigenvalue weighted by Crippen LogP contribution is -2.30. The van der Waals surface area contributed by atoms with Crippen LogP contribution in [-0.4, -0.2) is 9.46 Å². The lowest BCUT2D eigenvalue weighted by Gasteiger charge is -2.22. The second-order valence-corrected chi connectivity index (χ2v) is 6.40. The van der Waals surface area contributed by atoms with Crippen LogP contribution in [0.3, 0.4) is 0 Å². The van der Waals surface area contributed by atoms with E-state index in [0.29, 0.717) is 6.42 Å². The van der Waals surface area contributed by atoms with E-state index in [0.717, 1.165) is 23.8 Å². The molecule has 0 saturated heterocycles. The number of benzene rings is 2. The molecule has 0 amide bonds. The van der Waals surface area contributed by atoms with Gasteiger partial charge in [0, 0.05) is 6.04 Å². The zero-order chi connectivity index (χ0) is 15.4. The summed E-state index contributed by atoms with van der Waals surface area (Å²) in [7, 11) is -1.71. The maximum atomic E-state index is 13.8. The summed E-state index contributed by atoms with van der Waals surface area (Å²) in [6.07, 6.45) is 0.499. The molecule has 21 heavy (non-hydrogen) atoms. The van der Waals surface area contributed by atoms with Crippen molar-refractivity contribution >= 4 is 10.8 Å². The van der Waals surface area contributed by atoms with Gasteiger partial charge in [-0.15, -0.1) is 0 Å². The van der Waals surface area contributed by atoms with Gasteiger partial charge in [0.05, 0.1) is 20.9 Å². The molecule has 2 aromatic carbocycles. The molecule has 0 aliphatic heterocycles. The SMILES string of the molecule is CCC(C(N)c1ccccc1)S(=O)c1cc(F)ccc1F. The molecule has 0 aliphatic carbocycles. The molecule has 2 N–H and O–H groups in total. The Morgan fingerprint density at radius 3 is 2.43 bits per heavy atom. The summed E-state index contributed by atoms with van der Waals surface area (Å²) in [5, 5.41) is -0.483. The Labute approximate surface area is 125 Å². The van der Waals surface area contributed by atoms with Crippen LogP contribution in [0.25, 0.3) is 0 Å². The van der Waals surface area contributed by atoms with Crippen LogP contribution < -0.4 is 5.73 Å². The Balaban J connectivity index is 2.33. The van der Waals surface area contributed by atoms with Crippen molar-refractivity contribution in [1.29, 1.82) is 0 Å². The van der Waals surface area contributed by atoms with Crippen LogP contribution in [0.15, 0.2) is 53.4 Å². The van der Waals surface area contributed by atoms with Crippen LogP contribution in [0, 0.1) is 11.6 Å². The molecule has 2 rings (SSSR count). The van der Waals surface area contributed by atoms with Gasteiger partial charge in [0.15, 0.2) is 0 Å². The molecule has 3 unspecified atom stereocenters. The van der Waals surface area contributed by atoms with Gasteiger partial charge in [-0.25, -0.2) is 8.78 Å². The van der Waals surface area contributed by atoms with Gasteiger partial charge in [-0.3, -0.25) is 4.21 Å². The van der Waals surface area contributed by atoms with Crippen molar-refractivity contribution in [3.05, 3.63) is 65.7 Å². The molecule has 0 heterocycles. The number of nitrogens with two attached hydrogens (primary N) is 1. The van der Waals surface area contributed by atoms with Crippen molar-refractivity contribution in [3.8, 4) is 0 Å². The number of hydrogen-bond acceptors (Lipinski definition) is 2. The third-order valence-corrected chi connectivity index (χ3v) is 5.30. The van der Waals surface area contributed by atoms with Crippen LogP contribution in [0.5, 0.6) is 0 Å². The highest BCUT2D eigenvalue weighted by atomic mass is 32.2. The largest absolute Gasteiger partial charge is 0.323 e. The fourth-order valence-electron chi connectivity index (χ4n) is 2.22. The fourth-order valence-corrected chi connectivity index (χ4v) is 3.76. The summed E-state index contributed by atoms with van der Waals surface area (Å²) in [5.74, 6) is -1.28. The standard InChI is InChI=1S/C16H17F2NOS/c1-2-14(16(19)11-6-4-3-5-7-11)21(20)15-10-12(17)8-9-13(15)18/h3-10,14,16H,2,19H2,1H3. The van der Waals surface area contributed by atoms with Crippen LogP contribution in [0.4, 0.5) is 8.78 Å². The van der Waals surface area contributed by atoms with Crippen LogP contribution in [-0.2, 0) is 10.8 Å². The van der Waals surface area contributed by atoms with Gasteiger partial charge in [-0.2, -0.15) is 0 Å². The highest BCUT2D eigenvalue weighted by molar-refractivity contribution is 7.85. The van der Waals surface area contributed by atoms with E-state index >= 15 is 0 Å². The first kappa shape index (κ1) is 15.8. The Bertz CT molecular complexity index is 633. The van der Waals surface area contributed by atoms with E-state index in [1.165, 1.54) is 0 Å². The van der Waals surface area contributed by atoms with Gasteiger partial charge in [-0.05, 0) is 30.2 Å². The van der Waals surface area contributed by atoms with Crippen molar-refractivity contribution in [3.63, 3.8) is 0 Å². The van der Waals surface area contributed by atoms with Gasteiger partial charge >= 0.3 is 0 Å². The minimum absolute atomic E-state index is 0.131. The first-order valence-electron chi connectivity index (χ1n) is 6.70. The predicted molar refractivity (Wildman–Crippen MR) is 80.2 cm³/mol. The summed E-state index contributed by atoms with van der Waals surface area (Å²) in [4.78, 5) is -0.131. The summed E-state index contributed by atoms with van der Waals surface area (Å²) in [5.41, 5.74) is 7.00. The lowest BCUT2D eigenvalue weighted by molar-refractivity contribution is 0.563. The smallest absolute Gasteiger partial charge is 0.139 e. The average Bonchev–Trinajstić information content (AvgIpc) is 2.51. The quantitative estimate of drug-likeness (QED) is 0.918. The highest BCUT2D eigenvalue weighted by Crippen LogP contribution is 2.26. The van der Waals surface area contributed by atoms with Crippen molar-refractivity contribution in [2.24, 2.45) is 5.73 Å². The minimum Gasteiger partial charge on any atom is -0.323 e. The van der Waals surface area contributed by atoms with Gasteiger partial charge < -0.3 is 5.73 Å². The first-order chi connectivity index (χ1) is 10.0. The summed E-state index contributed by atoms with van der Waals surface area (Å²) in [6.45, 7) is 1.84. The third-order valence-electron chi connectivity index (χ3n) is 3.37. The molecule has 0 spiro atoms. The van der Waals surface area contributed by atoms with E-state index in [4.69, 9.17) is 5.73 Å². The molecule has 0 bridgehead atoms. The number of halogens is 2. The molecular formula is C16H17F2NOS. The van der Waals surface area contributed by atoms with E-state index in [9.17, 15) is 13.0 Å². The van der Waals surface area contributed by atoms with Gasteiger partial charge in [0.2, 0.25) is 0 Å². The van der Waals surface area contributed by atoms with Crippen molar-refractivity contribution in [2.45, 2.75) is 29.5 Å².